The van der Waals surface area contributed by atoms with E-state index in [2.05, 4.69) is 20.5 Å². The fraction of sp³-hybridized carbons (Fsp3) is 0.389. The number of pyridine rings is 1. The van der Waals surface area contributed by atoms with Gasteiger partial charge in [-0.2, -0.15) is 0 Å². The van der Waals surface area contributed by atoms with Crippen molar-refractivity contribution in [3.63, 3.8) is 0 Å². The van der Waals surface area contributed by atoms with Gasteiger partial charge in [0.1, 0.15) is 0 Å². The summed E-state index contributed by atoms with van der Waals surface area (Å²) in [5.41, 5.74) is 1.20. The van der Waals surface area contributed by atoms with Crippen LogP contribution < -0.4 is 10.6 Å². The summed E-state index contributed by atoms with van der Waals surface area (Å²) in [5, 5.41) is 6.36. The second kappa shape index (κ2) is 8.04. The van der Waals surface area contributed by atoms with Crippen molar-refractivity contribution in [2.45, 2.75) is 12.5 Å². The topological polar surface area (TPSA) is 83.6 Å². The quantitative estimate of drug-likeness (QED) is 0.793. The Labute approximate surface area is 146 Å². The number of likely N-dealkylation sites (tertiary alicyclic amines) is 1. The number of nitrogens with one attached hydrogen (secondary N) is 2. The third kappa shape index (κ3) is 4.32. The van der Waals surface area contributed by atoms with Gasteiger partial charge in [-0.05, 0) is 18.6 Å². The number of methoxy groups -OCH3 is 1. The highest BCUT2D eigenvalue weighted by molar-refractivity contribution is 6.40. The normalized spacial score (nSPS) is 17.6. The van der Waals surface area contributed by atoms with E-state index in [9.17, 15) is 9.59 Å². The Hall–Kier alpha value is -2.51. The molecule has 0 unspecified atom stereocenters. The van der Waals surface area contributed by atoms with E-state index in [1.807, 2.05) is 24.3 Å². The number of carbonyl (C=O) groups excluding carboxylic acids is 2. The zero-order chi connectivity index (χ0) is 17.6. The molecular weight excluding hydrogens is 320 g/mol. The third-order valence-electron chi connectivity index (χ3n) is 4.31. The van der Waals surface area contributed by atoms with E-state index in [1.165, 1.54) is 0 Å². The van der Waals surface area contributed by atoms with Crippen molar-refractivity contribution in [2.24, 2.45) is 0 Å². The highest BCUT2D eigenvalue weighted by Gasteiger charge is 2.26. The molecule has 1 fully saturated rings. The maximum Gasteiger partial charge on any atom is 0.313 e. The zero-order valence-corrected chi connectivity index (χ0v) is 14.2. The predicted octanol–water partition coefficient (Wildman–Crippen LogP) is 1.01. The molecule has 2 N–H and O–H groups in total. The first-order valence-electron chi connectivity index (χ1n) is 8.34. The lowest BCUT2D eigenvalue weighted by Gasteiger charge is -2.16. The summed E-state index contributed by atoms with van der Waals surface area (Å²) in [6.45, 7) is 3.12. The molecular formula is C18H22N4O3. The van der Waals surface area contributed by atoms with Gasteiger partial charge < -0.3 is 15.4 Å². The van der Waals surface area contributed by atoms with E-state index < -0.39 is 11.8 Å². The molecule has 1 aromatic carbocycles. The molecule has 0 radical (unpaired) electrons. The molecule has 7 nitrogen and oxygen atoms in total. The van der Waals surface area contributed by atoms with Crippen LogP contribution in [0.5, 0.6) is 0 Å². The molecule has 25 heavy (non-hydrogen) atoms. The summed E-state index contributed by atoms with van der Waals surface area (Å²) in [4.78, 5) is 30.9. The van der Waals surface area contributed by atoms with Crippen molar-refractivity contribution in [1.29, 1.82) is 0 Å². The Morgan fingerprint density at radius 3 is 2.96 bits per heavy atom. The second-order valence-corrected chi connectivity index (χ2v) is 6.09. The number of aromatic nitrogens is 1. The van der Waals surface area contributed by atoms with E-state index in [0.717, 1.165) is 31.4 Å². The van der Waals surface area contributed by atoms with Crippen LogP contribution in [0.15, 0.2) is 36.5 Å². The molecule has 1 saturated heterocycles. The molecule has 2 aromatic rings. The minimum absolute atomic E-state index is 0.0132. The summed E-state index contributed by atoms with van der Waals surface area (Å²) >= 11 is 0. The summed E-state index contributed by atoms with van der Waals surface area (Å²) in [5.74, 6) is -1.29. The molecule has 3 rings (SSSR count). The average molecular weight is 342 g/mol. The van der Waals surface area contributed by atoms with Gasteiger partial charge in [-0.1, -0.05) is 18.2 Å². The standard InChI is InChI=1S/C18H22N4O3/c1-25-11-10-22-9-7-14(12-22)20-17(23)18(24)21-15-6-2-4-13-5-3-8-19-16(13)15/h2-6,8,14H,7,9-12H2,1H3,(H,20,23)(H,21,24)/t14-/m0/s1. The summed E-state index contributed by atoms with van der Waals surface area (Å²) in [6.07, 6.45) is 2.49. The van der Waals surface area contributed by atoms with Gasteiger partial charge in [-0.15, -0.1) is 0 Å². The van der Waals surface area contributed by atoms with Crippen LogP contribution >= 0.6 is 0 Å². The van der Waals surface area contributed by atoms with Gasteiger partial charge in [-0.25, -0.2) is 0 Å². The number of carbonyl (C=O) groups is 2. The second-order valence-electron chi connectivity index (χ2n) is 6.09. The molecule has 0 aliphatic carbocycles. The molecule has 0 spiro atoms. The van der Waals surface area contributed by atoms with Gasteiger partial charge in [0.05, 0.1) is 17.8 Å². The minimum Gasteiger partial charge on any atom is -0.383 e. The van der Waals surface area contributed by atoms with Crippen LogP contribution in [0.25, 0.3) is 10.9 Å². The molecule has 1 aromatic heterocycles. The van der Waals surface area contributed by atoms with Gasteiger partial charge in [0.25, 0.3) is 0 Å². The van der Waals surface area contributed by atoms with E-state index in [1.54, 1.807) is 19.4 Å². The van der Waals surface area contributed by atoms with Crippen molar-refractivity contribution in [2.75, 3.05) is 38.7 Å². The molecule has 0 bridgehead atoms. The first-order valence-corrected chi connectivity index (χ1v) is 8.34. The Balaban J connectivity index is 1.57. The summed E-state index contributed by atoms with van der Waals surface area (Å²) in [6, 6.07) is 9.19. The lowest BCUT2D eigenvalue weighted by molar-refractivity contribution is -0.136. The Bertz CT molecular complexity index is 760. The van der Waals surface area contributed by atoms with Crippen LogP contribution in [0.1, 0.15) is 6.42 Å². The number of benzene rings is 1. The number of anilines is 1. The monoisotopic (exact) mass is 342 g/mol. The molecule has 132 valence electrons. The number of amides is 2. The fourth-order valence-electron chi connectivity index (χ4n) is 3.01. The number of nitrogens with zero attached hydrogens (tertiary/aromatic N) is 2. The van der Waals surface area contributed by atoms with E-state index in [-0.39, 0.29) is 6.04 Å². The Morgan fingerprint density at radius 2 is 2.12 bits per heavy atom. The first kappa shape index (κ1) is 17.3. The summed E-state index contributed by atoms with van der Waals surface area (Å²) < 4.78 is 5.06. The largest absolute Gasteiger partial charge is 0.383 e. The van der Waals surface area contributed by atoms with Crippen LogP contribution in [0.2, 0.25) is 0 Å². The smallest absolute Gasteiger partial charge is 0.313 e. The first-order chi connectivity index (χ1) is 12.2. The van der Waals surface area contributed by atoms with Crippen molar-refractivity contribution < 1.29 is 14.3 Å². The van der Waals surface area contributed by atoms with Crippen LogP contribution in [-0.2, 0) is 14.3 Å². The number of fused-ring (bicyclic) bond motifs is 1. The SMILES string of the molecule is COCCN1CC[C@H](NC(=O)C(=O)Nc2cccc3cccnc23)C1. The number of para-hydroxylation sites is 1. The van der Waals surface area contributed by atoms with Crippen molar-refractivity contribution >= 4 is 28.4 Å². The van der Waals surface area contributed by atoms with Gasteiger partial charge in [0.15, 0.2) is 0 Å². The van der Waals surface area contributed by atoms with Crippen molar-refractivity contribution in [1.82, 2.24) is 15.2 Å². The average Bonchev–Trinajstić information content (AvgIpc) is 3.07. The Morgan fingerprint density at radius 1 is 1.28 bits per heavy atom. The third-order valence-corrected chi connectivity index (χ3v) is 4.31. The minimum atomic E-state index is -0.673. The molecule has 1 atom stereocenters. The van der Waals surface area contributed by atoms with E-state index >= 15 is 0 Å². The highest BCUT2D eigenvalue weighted by atomic mass is 16.5. The maximum atomic E-state index is 12.2. The van der Waals surface area contributed by atoms with Gasteiger partial charge in [-0.3, -0.25) is 19.5 Å². The molecule has 7 heteroatoms. The number of ether oxygens (including phenoxy) is 1. The fourth-order valence-corrected chi connectivity index (χ4v) is 3.01. The maximum absolute atomic E-state index is 12.2. The highest BCUT2D eigenvalue weighted by Crippen LogP contribution is 2.20. The molecule has 1 aliphatic rings. The van der Waals surface area contributed by atoms with Crippen LogP contribution in [-0.4, -0.2) is 61.1 Å². The van der Waals surface area contributed by atoms with Crippen LogP contribution in [0.3, 0.4) is 0 Å². The molecule has 0 saturated carbocycles. The van der Waals surface area contributed by atoms with E-state index in [4.69, 9.17) is 4.74 Å². The lowest BCUT2D eigenvalue weighted by atomic mass is 10.2. The summed E-state index contributed by atoms with van der Waals surface area (Å²) in [7, 11) is 1.67. The molecule has 2 amide bonds. The zero-order valence-electron chi connectivity index (χ0n) is 14.2. The molecule has 2 heterocycles. The predicted molar refractivity (Wildman–Crippen MR) is 95.2 cm³/mol. The number of hydrogen-bond acceptors (Lipinski definition) is 5. The van der Waals surface area contributed by atoms with Gasteiger partial charge in [0.2, 0.25) is 0 Å². The van der Waals surface area contributed by atoms with E-state index in [0.29, 0.717) is 17.8 Å². The van der Waals surface area contributed by atoms with Gasteiger partial charge in [0, 0.05) is 44.4 Å². The number of hydrogen-bond donors (Lipinski definition) is 2. The molecule has 1 aliphatic heterocycles. The van der Waals surface area contributed by atoms with Crippen LogP contribution in [0, 0.1) is 0 Å². The lowest BCUT2D eigenvalue weighted by Crippen LogP contribution is -2.43. The van der Waals surface area contributed by atoms with Crippen molar-refractivity contribution in [3.05, 3.63) is 36.5 Å². The van der Waals surface area contributed by atoms with Crippen LogP contribution in [0.4, 0.5) is 5.69 Å². The number of rotatable bonds is 5. The van der Waals surface area contributed by atoms with Gasteiger partial charge >= 0.3 is 11.8 Å². The Kier molecular flexibility index (Phi) is 5.57. The van der Waals surface area contributed by atoms with Crippen molar-refractivity contribution in [3.8, 4) is 0 Å².